The molecule has 2 unspecified atom stereocenters. The van der Waals surface area contributed by atoms with Gasteiger partial charge in [-0.15, -0.1) is 0 Å². The third-order valence-corrected chi connectivity index (χ3v) is 34.1. The predicted octanol–water partition coefficient (Wildman–Crippen LogP) is 50.1. The van der Waals surface area contributed by atoms with Gasteiger partial charge in [0, 0.05) is 22.3 Å². The quantitative estimate of drug-likeness (QED) is 0.0273. The molecule has 0 aliphatic carbocycles. The van der Waals surface area contributed by atoms with E-state index in [-0.39, 0.29) is 0 Å². The summed E-state index contributed by atoms with van der Waals surface area (Å²) in [7, 11) is 0. The summed E-state index contributed by atoms with van der Waals surface area (Å²) in [6.07, 6.45) is 156. The van der Waals surface area contributed by atoms with Crippen molar-refractivity contribution in [3.8, 4) is 0 Å². The van der Waals surface area contributed by atoms with E-state index in [4.69, 9.17) is 0 Å². The number of nitrogens with zero attached hydrogens (tertiary/aromatic N) is 2. The van der Waals surface area contributed by atoms with Crippen LogP contribution in [-0.2, 0) is 30.8 Å². The molecular weight excluding hydrogens is 1770 g/mol. The Labute approximate surface area is 884 Å². The number of hydrogen-bond donors (Lipinski definition) is 0. The van der Waals surface area contributed by atoms with Gasteiger partial charge in [0.25, 0.3) is 0 Å². The number of allylic oxidation sites excluding steroid dienone is 6. The van der Waals surface area contributed by atoms with Crippen LogP contribution in [0.2, 0.25) is 9.79 Å². The summed E-state index contributed by atoms with van der Waals surface area (Å²) < 4.78 is 1.74. The van der Waals surface area contributed by atoms with Gasteiger partial charge in [-0.05, 0) is 125 Å². The molecule has 0 saturated heterocycles. The normalized spacial score (nSPS) is 13.0. The van der Waals surface area contributed by atoms with Crippen molar-refractivity contribution in [2.75, 3.05) is 0 Å². The third kappa shape index (κ3) is 84.2. The summed E-state index contributed by atoms with van der Waals surface area (Å²) in [5.74, 6) is 1.38. The Morgan fingerprint density at radius 2 is 0.388 bits per heavy atom. The van der Waals surface area contributed by atoms with Crippen LogP contribution in [0.25, 0.3) is 16.9 Å². The number of hydrogen-bond acceptors (Lipinski definition) is 0. The Bertz CT molecular complexity index is 2870. The molecule has 3 heteroatoms. The molecule has 814 valence electrons. The van der Waals surface area contributed by atoms with Gasteiger partial charge in [-0.3, -0.25) is 0 Å². The molecule has 0 amide bonds. The molecule has 0 N–H and O–H groups in total. The number of rotatable bonds is 112. The van der Waals surface area contributed by atoms with Crippen LogP contribution >= 0.6 is 0 Å². The summed E-state index contributed by atoms with van der Waals surface area (Å²) in [5.41, 5.74) is 23.5. The van der Waals surface area contributed by atoms with Crippen molar-refractivity contribution in [1.29, 1.82) is 0 Å². The molecule has 0 radical (unpaired) electrons. The van der Waals surface area contributed by atoms with E-state index in [1.54, 1.807) is 14.5 Å². The van der Waals surface area contributed by atoms with Crippen molar-refractivity contribution in [2.24, 2.45) is 11.8 Å². The number of aryl methyl sites for hydroxylation is 2. The fourth-order valence-electron chi connectivity index (χ4n) is 22.4. The summed E-state index contributed by atoms with van der Waals surface area (Å²) in [6, 6.07) is 18.5. The smallest absolute Gasteiger partial charge is 0.0654 e. The van der Waals surface area contributed by atoms with Gasteiger partial charge in [0.15, 0.2) is 0 Å². The fourth-order valence-corrected chi connectivity index (χ4v) is 24.3. The fraction of sp³-hybridized carbons (Fsp3) is 0.853. The zero-order valence-corrected chi connectivity index (χ0v) is 97.8. The van der Waals surface area contributed by atoms with Gasteiger partial charge < -0.3 is 5.53 Å². The number of unbranched alkanes of at least 4 members (excludes halogenated alkanes) is 86. The molecule has 1 aliphatic heterocycles. The minimum atomic E-state index is 0.692. The minimum absolute atomic E-state index is 0.692. The van der Waals surface area contributed by atoms with E-state index in [0.29, 0.717) is 11.8 Å². The van der Waals surface area contributed by atoms with E-state index >= 15 is 0 Å². The molecule has 2 aromatic carbocycles. The van der Waals surface area contributed by atoms with Crippen LogP contribution in [0, 0.1) is 11.8 Å². The molecule has 0 spiro atoms. The molecule has 1 heterocycles. The van der Waals surface area contributed by atoms with Gasteiger partial charge >= 0.3 is 169 Å². The van der Waals surface area contributed by atoms with Crippen molar-refractivity contribution in [3.63, 3.8) is 0 Å². The summed E-state index contributed by atoms with van der Waals surface area (Å²) >= 11 is 1.05. The van der Waals surface area contributed by atoms with Crippen LogP contribution in [0.1, 0.15) is 733 Å². The molecule has 139 heavy (non-hydrogen) atoms. The van der Waals surface area contributed by atoms with Crippen LogP contribution < -0.4 is 0 Å². The molecule has 3 rings (SSSR count). The molecular formula is C136H250N2Pd. The predicted molar refractivity (Wildman–Crippen MR) is 629 cm³/mol. The molecule has 0 bridgehead atoms. The van der Waals surface area contributed by atoms with Crippen LogP contribution in [0.3, 0.4) is 0 Å². The first-order valence-electron chi connectivity index (χ1n) is 64.8. The first-order chi connectivity index (χ1) is 68.9. The van der Waals surface area contributed by atoms with E-state index in [1.807, 2.05) is 0 Å². The van der Waals surface area contributed by atoms with E-state index in [1.165, 1.54) is 675 Å². The topological polar surface area (TPSA) is 25.3 Å². The molecule has 2 aromatic rings. The zero-order chi connectivity index (χ0) is 99.5. The van der Waals surface area contributed by atoms with E-state index in [0.717, 1.165) is 55.1 Å². The summed E-state index contributed by atoms with van der Waals surface area (Å²) in [5, 5.41) is 0. The SMILES string of the molecule is CCCCCCCCCCCCCCC=CCC(CCCC)CCc1ccccc1C1=C(CCCCCC)C(CCCCCCCC)=C(c2ccccc2CCC(CC=CCCCCCCCCCCCCCC)CCCC)[N+]1=[N-].CCCCCCCCCCCCCCCCCCCCCCCCCCCC[CH2][Pd][CH2]CCCCCCCCCCCCCCCCCCCCCCCCCCCC. The van der Waals surface area contributed by atoms with Crippen LogP contribution in [0.5, 0.6) is 0 Å². The number of benzene rings is 2. The Kier molecular flexibility index (Phi) is 105. The van der Waals surface area contributed by atoms with Gasteiger partial charge in [0.1, 0.15) is 0 Å². The van der Waals surface area contributed by atoms with E-state index in [9.17, 15) is 5.53 Å². The van der Waals surface area contributed by atoms with Crippen LogP contribution in [-0.4, -0.2) is 4.70 Å². The van der Waals surface area contributed by atoms with Gasteiger partial charge in [-0.25, -0.2) is 4.70 Å². The van der Waals surface area contributed by atoms with Crippen LogP contribution in [0.15, 0.2) is 84.0 Å². The van der Waals surface area contributed by atoms with Crippen molar-refractivity contribution >= 4 is 11.4 Å². The van der Waals surface area contributed by atoms with Crippen molar-refractivity contribution in [2.45, 2.75) is 733 Å². The Hall–Kier alpha value is -2.34. The summed E-state index contributed by atoms with van der Waals surface area (Å²) in [4.78, 5) is 3.10. The maximum atomic E-state index is 13.1. The molecule has 2 atom stereocenters. The van der Waals surface area contributed by atoms with Crippen molar-refractivity contribution in [3.05, 3.63) is 112 Å². The summed E-state index contributed by atoms with van der Waals surface area (Å²) in [6.45, 7) is 18.6. The minimum Gasteiger partial charge on any atom is -0.0654 e. The Balaban J connectivity index is 0.000000987. The molecule has 0 saturated carbocycles. The van der Waals surface area contributed by atoms with Gasteiger partial charge in [-0.2, -0.15) is 0 Å². The Morgan fingerprint density at radius 1 is 0.201 bits per heavy atom. The van der Waals surface area contributed by atoms with Gasteiger partial charge in [0.2, 0.25) is 11.4 Å². The average molecular weight is 2020 g/mol. The molecule has 0 aromatic heterocycles. The maximum absolute atomic E-state index is 13.1. The molecule has 1 aliphatic rings. The molecule has 0 fully saturated rings. The van der Waals surface area contributed by atoms with Crippen molar-refractivity contribution < 1.29 is 22.7 Å². The molecule has 2 nitrogen and oxygen atoms in total. The zero-order valence-electron chi connectivity index (χ0n) is 96.2. The van der Waals surface area contributed by atoms with E-state index in [2.05, 4.69) is 128 Å². The standard InChI is InChI=1S/C78H132N2.2C29H59.Pd/c1-7-13-19-23-26-28-30-32-34-36-38-40-42-44-47-57-69(55-17-11-5)65-67-71-59-51-53-61-73(71)77-75(63-49-22-16-10-4)76(64-50-46-25-21-15-9-3)78(80(77)79)74-62-54-52-60-72(74)68-66-70(56-18-12-6)58-48-45-43-41-39-37-35-33-31-29-27-24-20-14-8-2;2*1-3-5-7-9-11-13-15-17-19-21-23-25-27-29-28-26-24-22-20-18-16-14-12-10-8-6-4-2;/h44-45,47-48,51-54,59-62,69-70H,7-43,46,49-50,55-58,63-68H2,1-6H3;2*1,3-29H2,2H3;. The van der Waals surface area contributed by atoms with Gasteiger partial charge in [0.05, 0.1) is 0 Å². The second kappa shape index (κ2) is 110. The first kappa shape index (κ1) is 133. The third-order valence-electron chi connectivity index (χ3n) is 31.9. The monoisotopic (exact) mass is 2020 g/mol. The van der Waals surface area contributed by atoms with Crippen molar-refractivity contribution in [1.82, 2.24) is 0 Å². The second-order valence-corrected chi connectivity index (χ2v) is 47.7. The Morgan fingerprint density at radius 3 is 0.612 bits per heavy atom. The van der Waals surface area contributed by atoms with E-state index < -0.39 is 0 Å². The second-order valence-electron chi connectivity index (χ2n) is 45.3. The van der Waals surface area contributed by atoms with Gasteiger partial charge in [-0.1, -0.05) is 553 Å². The average Bonchev–Trinajstić information content (AvgIpc) is 1.60. The first-order valence-corrected chi connectivity index (χ1v) is 67.0. The van der Waals surface area contributed by atoms with Crippen LogP contribution in [0.4, 0.5) is 0 Å².